The van der Waals surface area contributed by atoms with Crippen LogP contribution in [0.1, 0.15) is 17.2 Å². The number of likely N-dealkylation sites (N-methyl/N-ethyl adjacent to an activating group) is 1. The number of amides is 3. The molecular formula is C15H19N3O3. The van der Waals surface area contributed by atoms with Crippen LogP contribution in [0.3, 0.4) is 0 Å². The van der Waals surface area contributed by atoms with Crippen LogP contribution in [0.25, 0.3) is 0 Å². The molecule has 0 aliphatic carbocycles. The van der Waals surface area contributed by atoms with Crippen molar-refractivity contribution in [1.82, 2.24) is 15.5 Å². The quantitative estimate of drug-likeness (QED) is 0.848. The van der Waals surface area contributed by atoms with Crippen molar-refractivity contribution in [1.29, 1.82) is 0 Å². The first-order valence-electron chi connectivity index (χ1n) is 7.14. The lowest BCUT2D eigenvalue weighted by Gasteiger charge is -2.30. The van der Waals surface area contributed by atoms with E-state index in [9.17, 15) is 9.59 Å². The third-order valence-electron chi connectivity index (χ3n) is 3.98. The highest BCUT2D eigenvalue weighted by molar-refractivity contribution is 5.90. The molecular weight excluding hydrogens is 270 g/mol. The van der Waals surface area contributed by atoms with E-state index < -0.39 is 6.04 Å². The van der Waals surface area contributed by atoms with E-state index in [2.05, 4.69) is 22.8 Å². The minimum atomic E-state index is -0.485. The van der Waals surface area contributed by atoms with E-state index in [0.29, 0.717) is 19.7 Å². The molecule has 0 aromatic heterocycles. The van der Waals surface area contributed by atoms with E-state index in [-0.39, 0.29) is 18.0 Å². The van der Waals surface area contributed by atoms with Gasteiger partial charge in [0.15, 0.2) is 0 Å². The highest BCUT2D eigenvalue weighted by Gasteiger charge is 2.31. The Kier molecular flexibility index (Phi) is 3.79. The number of nitrogens with zero attached hydrogens (tertiary/aromatic N) is 1. The van der Waals surface area contributed by atoms with E-state index in [0.717, 1.165) is 12.0 Å². The molecule has 0 radical (unpaired) electrons. The maximum absolute atomic E-state index is 12.3. The highest BCUT2D eigenvalue weighted by atomic mass is 16.5. The molecule has 112 valence electrons. The van der Waals surface area contributed by atoms with Crippen LogP contribution < -0.4 is 10.6 Å². The third kappa shape index (κ3) is 2.85. The van der Waals surface area contributed by atoms with Gasteiger partial charge < -0.3 is 20.3 Å². The van der Waals surface area contributed by atoms with Gasteiger partial charge in [0.1, 0.15) is 12.1 Å². The Balaban J connectivity index is 1.67. The largest absolute Gasteiger partial charge is 0.371 e. The summed E-state index contributed by atoms with van der Waals surface area (Å²) in [5.41, 5.74) is 2.43. The van der Waals surface area contributed by atoms with Crippen molar-refractivity contribution in [3.05, 3.63) is 35.4 Å². The molecule has 2 aliphatic rings. The maximum atomic E-state index is 12.3. The zero-order chi connectivity index (χ0) is 14.8. The molecule has 2 heterocycles. The third-order valence-corrected chi connectivity index (χ3v) is 3.98. The zero-order valence-corrected chi connectivity index (χ0v) is 12.0. The van der Waals surface area contributed by atoms with Crippen LogP contribution in [0, 0.1) is 0 Å². The van der Waals surface area contributed by atoms with Gasteiger partial charge in [-0.3, -0.25) is 4.79 Å². The van der Waals surface area contributed by atoms with Crippen molar-refractivity contribution >= 4 is 11.9 Å². The first-order valence-corrected chi connectivity index (χ1v) is 7.14. The fraction of sp³-hybridized carbons (Fsp3) is 0.467. The first kappa shape index (κ1) is 13.9. The van der Waals surface area contributed by atoms with E-state index in [1.807, 2.05) is 12.1 Å². The fourth-order valence-electron chi connectivity index (χ4n) is 2.84. The van der Waals surface area contributed by atoms with Crippen LogP contribution in [0.4, 0.5) is 4.79 Å². The van der Waals surface area contributed by atoms with E-state index in [4.69, 9.17) is 4.74 Å². The van der Waals surface area contributed by atoms with Crippen LogP contribution in [-0.2, 0) is 16.0 Å². The van der Waals surface area contributed by atoms with Gasteiger partial charge in [0.2, 0.25) is 5.91 Å². The number of carbonyl (C=O) groups is 2. The minimum Gasteiger partial charge on any atom is -0.371 e. The predicted octanol–water partition coefficient (Wildman–Crippen LogP) is 0.440. The second-order valence-corrected chi connectivity index (χ2v) is 5.43. The van der Waals surface area contributed by atoms with Crippen molar-refractivity contribution in [3.8, 4) is 0 Å². The average molecular weight is 289 g/mol. The average Bonchev–Trinajstić information content (AvgIpc) is 2.93. The monoisotopic (exact) mass is 289 g/mol. The van der Waals surface area contributed by atoms with E-state index in [1.165, 1.54) is 5.56 Å². The molecule has 1 saturated heterocycles. The molecule has 1 fully saturated rings. The van der Waals surface area contributed by atoms with Gasteiger partial charge >= 0.3 is 6.03 Å². The summed E-state index contributed by atoms with van der Waals surface area (Å²) >= 11 is 0. The second kappa shape index (κ2) is 5.73. The van der Waals surface area contributed by atoms with Crippen molar-refractivity contribution in [3.63, 3.8) is 0 Å². The summed E-state index contributed by atoms with van der Waals surface area (Å²) in [4.78, 5) is 25.0. The SMILES string of the molecule is CN(C[C@@H]1OCCc2ccccc21)C(=O)[C@@H]1CNC(=O)N1. The molecule has 1 aromatic carbocycles. The normalized spacial score (nSPS) is 24.0. The smallest absolute Gasteiger partial charge is 0.315 e. The Hall–Kier alpha value is -2.08. The summed E-state index contributed by atoms with van der Waals surface area (Å²) in [6.45, 7) is 1.50. The first-order chi connectivity index (χ1) is 10.1. The van der Waals surface area contributed by atoms with Crippen LogP contribution in [0.2, 0.25) is 0 Å². The fourth-order valence-corrected chi connectivity index (χ4v) is 2.84. The minimum absolute atomic E-state index is 0.0972. The summed E-state index contributed by atoms with van der Waals surface area (Å²) in [5, 5.41) is 5.20. The molecule has 6 heteroatoms. The van der Waals surface area contributed by atoms with Gasteiger partial charge in [-0.1, -0.05) is 24.3 Å². The van der Waals surface area contributed by atoms with Gasteiger partial charge in [-0.25, -0.2) is 4.79 Å². The molecule has 6 nitrogen and oxygen atoms in total. The number of hydrogen-bond acceptors (Lipinski definition) is 3. The number of urea groups is 1. The maximum Gasteiger partial charge on any atom is 0.315 e. The molecule has 2 N–H and O–H groups in total. The summed E-state index contributed by atoms with van der Waals surface area (Å²) in [6.07, 6.45) is 0.807. The molecule has 3 amide bonds. The predicted molar refractivity (Wildman–Crippen MR) is 76.8 cm³/mol. The summed E-state index contributed by atoms with van der Waals surface area (Å²) < 4.78 is 5.81. The molecule has 0 spiro atoms. The summed E-state index contributed by atoms with van der Waals surface area (Å²) in [6, 6.07) is 7.39. The molecule has 1 aromatic rings. The van der Waals surface area contributed by atoms with Crippen molar-refractivity contribution in [2.24, 2.45) is 0 Å². The van der Waals surface area contributed by atoms with Crippen LogP contribution in [-0.4, -0.2) is 49.6 Å². The van der Waals surface area contributed by atoms with Crippen LogP contribution in [0.15, 0.2) is 24.3 Å². The lowest BCUT2D eigenvalue weighted by molar-refractivity contribution is -0.133. The Labute approximate surface area is 123 Å². The lowest BCUT2D eigenvalue weighted by atomic mass is 9.97. The van der Waals surface area contributed by atoms with Gasteiger partial charge in [-0.15, -0.1) is 0 Å². The molecule has 0 saturated carbocycles. The number of fused-ring (bicyclic) bond motifs is 1. The second-order valence-electron chi connectivity index (χ2n) is 5.43. The number of ether oxygens (including phenoxy) is 1. The standard InChI is InChI=1S/C15H19N3O3/c1-18(14(19)12-8-16-15(20)17-12)9-13-11-5-3-2-4-10(11)6-7-21-13/h2-5,12-13H,6-9H2,1H3,(H2,16,17,20)/t12-,13-/m0/s1. The molecule has 3 rings (SSSR count). The Morgan fingerprint density at radius 1 is 1.43 bits per heavy atom. The Bertz CT molecular complexity index is 561. The highest BCUT2D eigenvalue weighted by Crippen LogP contribution is 2.27. The van der Waals surface area contributed by atoms with Gasteiger partial charge in [0.25, 0.3) is 0 Å². The number of nitrogens with one attached hydrogen (secondary N) is 2. The molecule has 2 aliphatic heterocycles. The van der Waals surface area contributed by atoms with E-state index >= 15 is 0 Å². The van der Waals surface area contributed by atoms with Crippen LogP contribution in [0.5, 0.6) is 0 Å². The van der Waals surface area contributed by atoms with Crippen molar-refractivity contribution in [2.75, 3.05) is 26.7 Å². The molecule has 2 atom stereocenters. The number of hydrogen-bond donors (Lipinski definition) is 2. The number of carbonyl (C=O) groups excluding carboxylic acids is 2. The Morgan fingerprint density at radius 2 is 2.24 bits per heavy atom. The van der Waals surface area contributed by atoms with Crippen molar-refractivity contribution < 1.29 is 14.3 Å². The lowest BCUT2D eigenvalue weighted by Crippen LogP contribution is -2.45. The van der Waals surface area contributed by atoms with Gasteiger partial charge in [0, 0.05) is 13.6 Å². The van der Waals surface area contributed by atoms with Crippen molar-refractivity contribution in [2.45, 2.75) is 18.6 Å². The number of rotatable bonds is 3. The topological polar surface area (TPSA) is 70.7 Å². The molecule has 0 unspecified atom stereocenters. The van der Waals surface area contributed by atoms with Crippen LogP contribution >= 0.6 is 0 Å². The summed E-state index contributed by atoms with van der Waals surface area (Å²) in [7, 11) is 1.74. The Morgan fingerprint density at radius 3 is 3.00 bits per heavy atom. The zero-order valence-electron chi connectivity index (χ0n) is 12.0. The number of benzene rings is 1. The van der Waals surface area contributed by atoms with Gasteiger partial charge in [-0.2, -0.15) is 0 Å². The van der Waals surface area contributed by atoms with E-state index in [1.54, 1.807) is 11.9 Å². The summed E-state index contributed by atoms with van der Waals surface area (Å²) in [5.74, 6) is -0.0972. The van der Waals surface area contributed by atoms with Gasteiger partial charge in [0.05, 0.1) is 13.2 Å². The molecule has 0 bridgehead atoms. The molecule has 21 heavy (non-hydrogen) atoms. The van der Waals surface area contributed by atoms with Gasteiger partial charge in [-0.05, 0) is 17.5 Å².